The zero-order valence-electron chi connectivity index (χ0n) is 8.86. The number of hydrogen-bond acceptors (Lipinski definition) is 4. The molecule has 0 aliphatic carbocycles. The van der Waals surface area contributed by atoms with Gasteiger partial charge in [-0.2, -0.15) is 0 Å². The van der Waals surface area contributed by atoms with E-state index in [9.17, 15) is 0 Å². The second kappa shape index (κ2) is 4.88. The average molecular weight is 238 g/mol. The summed E-state index contributed by atoms with van der Waals surface area (Å²) in [5.74, 6) is 0. The van der Waals surface area contributed by atoms with Crippen molar-refractivity contribution >= 4 is 22.7 Å². The highest BCUT2D eigenvalue weighted by Gasteiger charge is 2.08. The number of aromatic nitrogens is 1. The second-order valence-corrected chi connectivity index (χ2v) is 5.43. The molecule has 2 nitrogen and oxygen atoms in total. The standard InChI is InChI=1S/C11H14N2S2/c1-8-7-15-11(13-8)9(2)12-6-10-4-3-5-14-10/h3-5,7,9,12H,6H2,1-2H3. The van der Waals surface area contributed by atoms with Crippen LogP contribution in [0.4, 0.5) is 0 Å². The quantitative estimate of drug-likeness (QED) is 0.883. The van der Waals surface area contributed by atoms with E-state index in [1.807, 2.05) is 6.92 Å². The zero-order chi connectivity index (χ0) is 10.7. The van der Waals surface area contributed by atoms with E-state index in [1.165, 1.54) is 9.88 Å². The van der Waals surface area contributed by atoms with Crippen LogP contribution in [-0.4, -0.2) is 4.98 Å². The molecular weight excluding hydrogens is 224 g/mol. The van der Waals surface area contributed by atoms with Gasteiger partial charge in [-0.05, 0) is 25.3 Å². The summed E-state index contributed by atoms with van der Waals surface area (Å²) >= 11 is 3.51. The highest BCUT2D eigenvalue weighted by Crippen LogP contribution is 2.18. The Morgan fingerprint density at radius 3 is 2.93 bits per heavy atom. The molecule has 0 radical (unpaired) electrons. The SMILES string of the molecule is Cc1csc(C(C)NCc2cccs2)n1. The van der Waals surface area contributed by atoms with E-state index in [2.05, 4.69) is 40.1 Å². The number of nitrogens with zero attached hydrogens (tertiary/aromatic N) is 1. The van der Waals surface area contributed by atoms with E-state index < -0.39 is 0 Å². The van der Waals surface area contributed by atoms with Gasteiger partial charge in [0, 0.05) is 22.5 Å². The van der Waals surface area contributed by atoms with Crippen molar-refractivity contribution in [2.75, 3.05) is 0 Å². The van der Waals surface area contributed by atoms with Crippen LogP contribution in [0.1, 0.15) is 28.5 Å². The van der Waals surface area contributed by atoms with E-state index >= 15 is 0 Å². The van der Waals surface area contributed by atoms with Crippen LogP contribution in [-0.2, 0) is 6.54 Å². The maximum absolute atomic E-state index is 4.47. The lowest BCUT2D eigenvalue weighted by atomic mass is 10.3. The van der Waals surface area contributed by atoms with Crippen molar-refractivity contribution in [1.29, 1.82) is 0 Å². The average Bonchev–Trinajstić information content (AvgIpc) is 2.84. The fourth-order valence-corrected chi connectivity index (χ4v) is 2.81. The number of nitrogens with one attached hydrogen (secondary N) is 1. The molecule has 2 aromatic rings. The molecule has 0 saturated heterocycles. The van der Waals surface area contributed by atoms with Gasteiger partial charge in [0.05, 0.1) is 6.04 Å². The van der Waals surface area contributed by atoms with Crippen molar-refractivity contribution in [3.63, 3.8) is 0 Å². The molecule has 1 N–H and O–H groups in total. The fraction of sp³-hybridized carbons (Fsp3) is 0.364. The van der Waals surface area contributed by atoms with Gasteiger partial charge in [0.2, 0.25) is 0 Å². The van der Waals surface area contributed by atoms with E-state index in [-0.39, 0.29) is 0 Å². The summed E-state index contributed by atoms with van der Waals surface area (Å²) in [7, 11) is 0. The molecule has 0 saturated carbocycles. The molecule has 2 aromatic heterocycles. The van der Waals surface area contributed by atoms with Gasteiger partial charge in [0.1, 0.15) is 5.01 Å². The highest BCUT2D eigenvalue weighted by molar-refractivity contribution is 7.10. The van der Waals surface area contributed by atoms with Crippen molar-refractivity contribution in [1.82, 2.24) is 10.3 Å². The molecule has 0 amide bonds. The summed E-state index contributed by atoms with van der Waals surface area (Å²) < 4.78 is 0. The Balaban J connectivity index is 1.90. The number of rotatable bonds is 4. The normalized spacial score (nSPS) is 12.9. The Morgan fingerprint density at radius 2 is 2.33 bits per heavy atom. The van der Waals surface area contributed by atoms with Gasteiger partial charge in [0.25, 0.3) is 0 Å². The third-order valence-corrected chi connectivity index (χ3v) is 4.19. The van der Waals surface area contributed by atoms with Crippen molar-refractivity contribution in [3.8, 4) is 0 Å². The van der Waals surface area contributed by atoms with Crippen LogP contribution in [0.15, 0.2) is 22.9 Å². The Kier molecular flexibility index (Phi) is 3.51. The molecule has 0 bridgehead atoms. The molecule has 0 aromatic carbocycles. The predicted octanol–water partition coefficient (Wildman–Crippen LogP) is 3.36. The lowest BCUT2D eigenvalue weighted by Gasteiger charge is -2.09. The molecular formula is C11H14N2S2. The molecule has 2 heterocycles. The van der Waals surface area contributed by atoms with E-state index in [4.69, 9.17) is 0 Å². The van der Waals surface area contributed by atoms with Gasteiger partial charge in [-0.15, -0.1) is 22.7 Å². The molecule has 0 aliphatic heterocycles. The Bertz CT molecular complexity index is 406. The summed E-state index contributed by atoms with van der Waals surface area (Å²) in [5.41, 5.74) is 1.11. The number of hydrogen-bond donors (Lipinski definition) is 1. The number of aryl methyl sites for hydroxylation is 1. The smallest absolute Gasteiger partial charge is 0.110 e. The first-order chi connectivity index (χ1) is 7.25. The molecule has 1 atom stereocenters. The van der Waals surface area contributed by atoms with Gasteiger partial charge in [0.15, 0.2) is 0 Å². The van der Waals surface area contributed by atoms with Gasteiger partial charge in [-0.25, -0.2) is 4.98 Å². The molecule has 80 valence electrons. The third kappa shape index (κ3) is 2.87. The van der Waals surface area contributed by atoms with E-state index in [0.717, 1.165) is 12.2 Å². The Labute approximate surface area is 98.0 Å². The van der Waals surface area contributed by atoms with Crippen molar-refractivity contribution < 1.29 is 0 Å². The van der Waals surface area contributed by atoms with Crippen LogP contribution >= 0.6 is 22.7 Å². The third-order valence-electron chi connectivity index (χ3n) is 2.17. The minimum absolute atomic E-state index is 0.339. The largest absolute Gasteiger partial charge is 0.303 e. The summed E-state index contributed by atoms with van der Waals surface area (Å²) in [6, 6.07) is 4.57. The van der Waals surface area contributed by atoms with Gasteiger partial charge >= 0.3 is 0 Å². The minimum atomic E-state index is 0.339. The van der Waals surface area contributed by atoms with Crippen LogP contribution < -0.4 is 5.32 Å². The van der Waals surface area contributed by atoms with Crippen LogP contribution in [0.25, 0.3) is 0 Å². The number of thiophene rings is 1. The highest BCUT2D eigenvalue weighted by atomic mass is 32.1. The maximum Gasteiger partial charge on any atom is 0.110 e. The first-order valence-electron chi connectivity index (χ1n) is 4.93. The van der Waals surface area contributed by atoms with Crippen LogP contribution in [0.2, 0.25) is 0 Å². The lowest BCUT2D eigenvalue weighted by Crippen LogP contribution is -2.17. The molecule has 4 heteroatoms. The molecule has 0 aliphatic rings. The second-order valence-electron chi connectivity index (χ2n) is 3.51. The summed E-state index contributed by atoms with van der Waals surface area (Å²) in [5, 5.41) is 8.85. The van der Waals surface area contributed by atoms with Crippen LogP contribution in [0.5, 0.6) is 0 Å². The Morgan fingerprint density at radius 1 is 1.47 bits per heavy atom. The first kappa shape index (κ1) is 10.8. The molecule has 0 spiro atoms. The van der Waals surface area contributed by atoms with Gasteiger partial charge in [-0.3, -0.25) is 0 Å². The van der Waals surface area contributed by atoms with E-state index in [0.29, 0.717) is 6.04 Å². The van der Waals surface area contributed by atoms with Gasteiger partial charge in [-0.1, -0.05) is 6.07 Å². The Hall–Kier alpha value is -0.710. The summed E-state index contributed by atoms with van der Waals surface area (Å²) in [6.45, 7) is 5.12. The van der Waals surface area contributed by atoms with Crippen molar-refractivity contribution in [3.05, 3.63) is 38.5 Å². The van der Waals surface area contributed by atoms with Gasteiger partial charge < -0.3 is 5.32 Å². The minimum Gasteiger partial charge on any atom is -0.303 e. The zero-order valence-corrected chi connectivity index (χ0v) is 10.5. The van der Waals surface area contributed by atoms with Crippen LogP contribution in [0.3, 0.4) is 0 Å². The molecule has 1 unspecified atom stereocenters. The first-order valence-corrected chi connectivity index (χ1v) is 6.69. The monoisotopic (exact) mass is 238 g/mol. The van der Waals surface area contributed by atoms with E-state index in [1.54, 1.807) is 22.7 Å². The lowest BCUT2D eigenvalue weighted by molar-refractivity contribution is 0.575. The maximum atomic E-state index is 4.47. The van der Waals surface area contributed by atoms with Crippen molar-refractivity contribution in [2.45, 2.75) is 26.4 Å². The number of thiazole rings is 1. The molecule has 0 fully saturated rings. The molecule has 15 heavy (non-hydrogen) atoms. The van der Waals surface area contributed by atoms with Crippen LogP contribution in [0, 0.1) is 6.92 Å². The molecule has 2 rings (SSSR count). The van der Waals surface area contributed by atoms with Crippen molar-refractivity contribution in [2.24, 2.45) is 0 Å². The predicted molar refractivity (Wildman–Crippen MR) is 66.4 cm³/mol. The summed E-state index contributed by atoms with van der Waals surface area (Å²) in [6.07, 6.45) is 0. The summed E-state index contributed by atoms with van der Waals surface area (Å²) in [4.78, 5) is 5.84. The fourth-order valence-electron chi connectivity index (χ4n) is 1.33. The topological polar surface area (TPSA) is 24.9 Å².